The Morgan fingerprint density at radius 1 is 1.32 bits per heavy atom. The van der Waals surface area contributed by atoms with E-state index in [-0.39, 0.29) is 11.8 Å². The van der Waals surface area contributed by atoms with E-state index in [2.05, 4.69) is 23.2 Å². The predicted octanol–water partition coefficient (Wildman–Crippen LogP) is 3.51. The Morgan fingerprint density at radius 2 is 2.08 bits per heavy atom. The van der Waals surface area contributed by atoms with Gasteiger partial charge in [-0.05, 0) is 31.0 Å². The van der Waals surface area contributed by atoms with E-state index in [1.807, 2.05) is 31.2 Å². The van der Waals surface area contributed by atoms with E-state index in [0.29, 0.717) is 18.1 Å². The van der Waals surface area contributed by atoms with Crippen molar-refractivity contribution in [3.63, 3.8) is 0 Å². The van der Waals surface area contributed by atoms with Crippen molar-refractivity contribution in [2.24, 2.45) is 5.73 Å². The van der Waals surface area contributed by atoms with Crippen molar-refractivity contribution in [2.75, 3.05) is 6.61 Å². The molecular formula is C19H22N4O2. The second-order valence-corrected chi connectivity index (χ2v) is 6.12. The molecule has 1 aromatic carbocycles. The number of benzene rings is 1. The molecule has 0 saturated carbocycles. The third-order valence-corrected chi connectivity index (χ3v) is 4.36. The van der Waals surface area contributed by atoms with Crippen molar-refractivity contribution < 1.29 is 9.47 Å². The summed E-state index contributed by atoms with van der Waals surface area (Å²) < 4.78 is 11.2. The quantitative estimate of drug-likeness (QED) is 0.786. The van der Waals surface area contributed by atoms with E-state index in [0.717, 1.165) is 35.4 Å². The van der Waals surface area contributed by atoms with Crippen molar-refractivity contribution in [2.45, 2.75) is 39.0 Å². The van der Waals surface area contributed by atoms with E-state index >= 15 is 0 Å². The molecule has 0 spiro atoms. The fraction of sp³-hybridized carbons (Fsp3) is 0.368. The summed E-state index contributed by atoms with van der Waals surface area (Å²) in [6.45, 7) is 4.79. The maximum absolute atomic E-state index is 9.55. The molecule has 6 heteroatoms. The molecule has 0 aliphatic carbocycles. The zero-order valence-electron chi connectivity index (χ0n) is 14.5. The lowest BCUT2D eigenvalue weighted by Crippen LogP contribution is -2.21. The van der Waals surface area contributed by atoms with Gasteiger partial charge in [-0.25, -0.2) is 0 Å². The van der Waals surface area contributed by atoms with Crippen LogP contribution in [0.25, 0.3) is 0 Å². The number of nitriles is 1. The molecule has 2 aromatic rings. The van der Waals surface area contributed by atoms with Gasteiger partial charge in [-0.2, -0.15) is 5.26 Å². The molecule has 0 unspecified atom stereocenters. The van der Waals surface area contributed by atoms with Gasteiger partial charge < -0.3 is 15.2 Å². The molecule has 0 amide bonds. The average molecular weight is 338 g/mol. The minimum Gasteiger partial charge on any atom is -0.494 e. The fourth-order valence-corrected chi connectivity index (χ4v) is 3.03. The number of aromatic amines is 1. The van der Waals surface area contributed by atoms with Gasteiger partial charge in [0.1, 0.15) is 17.4 Å². The number of H-pyrrole nitrogens is 1. The van der Waals surface area contributed by atoms with Crippen LogP contribution in [0, 0.1) is 18.3 Å². The summed E-state index contributed by atoms with van der Waals surface area (Å²) in [5.41, 5.74) is 8.98. The number of unbranched alkanes of at least 4 members (excludes halogenated alkanes) is 2. The van der Waals surface area contributed by atoms with Crippen LogP contribution in [0.1, 0.15) is 48.9 Å². The third kappa shape index (κ3) is 3.31. The van der Waals surface area contributed by atoms with Crippen LogP contribution in [0.15, 0.2) is 35.7 Å². The summed E-state index contributed by atoms with van der Waals surface area (Å²) >= 11 is 0. The van der Waals surface area contributed by atoms with Gasteiger partial charge in [0.25, 0.3) is 0 Å². The fourth-order valence-electron chi connectivity index (χ4n) is 3.03. The number of aryl methyl sites for hydroxylation is 1. The van der Waals surface area contributed by atoms with E-state index in [1.54, 1.807) is 0 Å². The maximum Gasteiger partial charge on any atom is 0.244 e. The van der Waals surface area contributed by atoms with E-state index in [9.17, 15) is 5.26 Å². The molecular weight excluding hydrogens is 316 g/mol. The van der Waals surface area contributed by atoms with Gasteiger partial charge in [0, 0.05) is 11.3 Å². The van der Waals surface area contributed by atoms with Gasteiger partial charge in [0.15, 0.2) is 0 Å². The zero-order chi connectivity index (χ0) is 17.8. The summed E-state index contributed by atoms with van der Waals surface area (Å²) in [6.07, 6.45) is 3.38. The molecule has 25 heavy (non-hydrogen) atoms. The minimum absolute atomic E-state index is 0.103. The topological polar surface area (TPSA) is 96.9 Å². The van der Waals surface area contributed by atoms with Gasteiger partial charge in [-0.1, -0.05) is 31.9 Å². The van der Waals surface area contributed by atoms with E-state index in [1.165, 1.54) is 6.42 Å². The van der Waals surface area contributed by atoms with Crippen LogP contribution in [-0.2, 0) is 0 Å². The first-order valence-corrected chi connectivity index (χ1v) is 8.51. The number of nitrogens with one attached hydrogen (secondary N) is 1. The number of ether oxygens (including phenoxy) is 2. The van der Waals surface area contributed by atoms with Gasteiger partial charge in [0.2, 0.25) is 11.8 Å². The normalized spacial score (nSPS) is 16.1. The smallest absolute Gasteiger partial charge is 0.244 e. The third-order valence-electron chi connectivity index (χ3n) is 4.36. The Labute approximate surface area is 147 Å². The highest BCUT2D eigenvalue weighted by Gasteiger charge is 2.34. The molecule has 1 aliphatic rings. The minimum atomic E-state index is -0.290. The highest BCUT2D eigenvalue weighted by atomic mass is 16.5. The molecule has 3 rings (SSSR count). The Morgan fingerprint density at radius 3 is 2.76 bits per heavy atom. The van der Waals surface area contributed by atoms with Crippen LogP contribution in [0.3, 0.4) is 0 Å². The lowest BCUT2D eigenvalue weighted by atomic mass is 9.84. The lowest BCUT2D eigenvalue weighted by molar-refractivity contribution is 0.306. The zero-order valence-corrected chi connectivity index (χ0v) is 14.5. The molecule has 6 nitrogen and oxygen atoms in total. The van der Waals surface area contributed by atoms with Gasteiger partial charge >= 0.3 is 0 Å². The van der Waals surface area contributed by atoms with Crippen molar-refractivity contribution in [3.05, 3.63) is 52.5 Å². The SMILES string of the molecule is CCCCCOc1ccc([C@@H]2C(C#N)=C(N)Oc3n[nH]c(C)c32)cc1. The highest BCUT2D eigenvalue weighted by Crippen LogP contribution is 2.42. The average Bonchev–Trinajstić information content (AvgIpc) is 2.98. The Hall–Kier alpha value is -2.94. The Balaban J connectivity index is 1.87. The number of hydrogen-bond acceptors (Lipinski definition) is 5. The second kappa shape index (κ2) is 7.31. The van der Waals surface area contributed by atoms with Crippen LogP contribution >= 0.6 is 0 Å². The van der Waals surface area contributed by atoms with Crippen LogP contribution < -0.4 is 15.2 Å². The molecule has 1 aliphatic heterocycles. The number of rotatable bonds is 6. The number of aromatic nitrogens is 2. The van der Waals surface area contributed by atoms with Crippen molar-refractivity contribution >= 4 is 0 Å². The van der Waals surface area contributed by atoms with Crippen LogP contribution in [0.2, 0.25) is 0 Å². The van der Waals surface area contributed by atoms with Gasteiger partial charge in [-0.3, -0.25) is 5.10 Å². The maximum atomic E-state index is 9.55. The van der Waals surface area contributed by atoms with Crippen molar-refractivity contribution in [1.82, 2.24) is 10.2 Å². The van der Waals surface area contributed by atoms with Crippen LogP contribution in [0.4, 0.5) is 0 Å². The van der Waals surface area contributed by atoms with Crippen LogP contribution in [-0.4, -0.2) is 16.8 Å². The predicted molar refractivity (Wildman–Crippen MR) is 94.1 cm³/mol. The number of nitrogens with zero attached hydrogens (tertiary/aromatic N) is 2. The summed E-state index contributed by atoms with van der Waals surface area (Å²) in [6, 6.07) is 9.96. The summed E-state index contributed by atoms with van der Waals surface area (Å²) in [4.78, 5) is 0. The molecule has 0 fully saturated rings. The number of hydrogen-bond donors (Lipinski definition) is 2. The largest absolute Gasteiger partial charge is 0.494 e. The lowest BCUT2D eigenvalue weighted by Gasteiger charge is -2.23. The molecule has 0 saturated heterocycles. The van der Waals surface area contributed by atoms with E-state index < -0.39 is 0 Å². The van der Waals surface area contributed by atoms with Crippen LogP contribution in [0.5, 0.6) is 11.6 Å². The molecule has 2 heterocycles. The van der Waals surface area contributed by atoms with Crippen molar-refractivity contribution in [3.8, 4) is 17.7 Å². The first-order chi connectivity index (χ1) is 12.2. The van der Waals surface area contributed by atoms with Gasteiger partial charge in [0.05, 0.1) is 12.5 Å². The molecule has 130 valence electrons. The summed E-state index contributed by atoms with van der Waals surface area (Å²) in [5.74, 6) is 1.07. The monoisotopic (exact) mass is 338 g/mol. The first-order valence-electron chi connectivity index (χ1n) is 8.51. The number of fused-ring (bicyclic) bond motifs is 1. The second-order valence-electron chi connectivity index (χ2n) is 6.12. The van der Waals surface area contributed by atoms with E-state index in [4.69, 9.17) is 15.2 Å². The standard InChI is InChI=1S/C19H22N4O2/c1-3-4-5-10-24-14-8-6-13(7-9-14)17-15(11-20)18(21)25-19-16(17)12(2)22-23-19/h6-9,17H,3-5,10,21H2,1-2H3,(H,22,23)/t17-/m1/s1. The Kier molecular flexibility index (Phi) is 4.94. The molecule has 1 atom stereocenters. The Bertz CT molecular complexity index is 815. The summed E-state index contributed by atoms with van der Waals surface area (Å²) in [5, 5.41) is 16.6. The molecule has 0 radical (unpaired) electrons. The molecule has 1 aromatic heterocycles. The molecule has 0 bridgehead atoms. The van der Waals surface area contributed by atoms with Gasteiger partial charge in [-0.15, -0.1) is 5.10 Å². The van der Waals surface area contributed by atoms with Crippen molar-refractivity contribution in [1.29, 1.82) is 5.26 Å². The summed E-state index contributed by atoms with van der Waals surface area (Å²) in [7, 11) is 0. The number of allylic oxidation sites excluding steroid dienone is 1. The highest BCUT2D eigenvalue weighted by molar-refractivity contribution is 5.55. The molecule has 3 N–H and O–H groups in total. The first kappa shape index (κ1) is 16.9. The number of nitrogens with two attached hydrogens (primary N) is 1.